The van der Waals surface area contributed by atoms with Gasteiger partial charge in [-0.25, -0.2) is 4.68 Å². The maximum Gasteiger partial charge on any atom is 0.276 e. The molecule has 1 aromatic carbocycles. The number of ether oxygens (including phenoxy) is 1. The van der Waals surface area contributed by atoms with E-state index in [4.69, 9.17) is 4.74 Å². The summed E-state index contributed by atoms with van der Waals surface area (Å²) in [7, 11) is 0. The zero-order chi connectivity index (χ0) is 25.0. The van der Waals surface area contributed by atoms with Crippen molar-refractivity contribution < 1.29 is 29.0 Å². The number of carbonyl (C=O) groups excluding carboxylic acids is 4. The van der Waals surface area contributed by atoms with E-state index in [1.165, 1.54) is 9.58 Å². The largest absolute Gasteiger partial charge is 0.383 e. The van der Waals surface area contributed by atoms with Gasteiger partial charge in [0, 0.05) is 25.1 Å². The van der Waals surface area contributed by atoms with Gasteiger partial charge in [0.15, 0.2) is 5.69 Å². The quantitative estimate of drug-likeness (QED) is 0.555. The highest BCUT2D eigenvalue weighted by Gasteiger charge is 2.49. The summed E-state index contributed by atoms with van der Waals surface area (Å²) in [4.78, 5) is 53.1. The maximum absolute atomic E-state index is 13.3. The number of fused-ring (bicyclic) bond motifs is 1. The molecule has 0 radical (unpaired) electrons. The van der Waals surface area contributed by atoms with Crippen LogP contribution < -0.4 is 5.32 Å². The van der Waals surface area contributed by atoms with E-state index in [0.717, 1.165) is 18.4 Å². The minimum atomic E-state index is -1.02. The second-order valence-corrected chi connectivity index (χ2v) is 9.90. The van der Waals surface area contributed by atoms with Crippen LogP contribution in [0, 0.1) is 0 Å². The molecule has 3 saturated heterocycles. The number of nitrogens with zero attached hydrogens (tertiary/aromatic N) is 5. The van der Waals surface area contributed by atoms with Crippen LogP contribution in [0.25, 0.3) is 5.69 Å². The molecule has 188 valence electrons. The molecular formula is C24H26N6O6. The molecule has 2 N–H and O–H groups in total. The minimum Gasteiger partial charge on any atom is -0.383 e. The van der Waals surface area contributed by atoms with Gasteiger partial charge >= 0.3 is 0 Å². The predicted molar refractivity (Wildman–Crippen MR) is 122 cm³/mol. The van der Waals surface area contributed by atoms with Crippen LogP contribution in [0.2, 0.25) is 0 Å². The fourth-order valence-corrected chi connectivity index (χ4v) is 5.58. The van der Waals surface area contributed by atoms with Gasteiger partial charge in [0.05, 0.1) is 31.1 Å². The average Bonchev–Trinajstić information content (AvgIpc) is 3.47. The number of imide groups is 1. The lowest BCUT2D eigenvalue weighted by atomic mass is 9.84. The van der Waals surface area contributed by atoms with Crippen molar-refractivity contribution in [2.45, 2.75) is 56.3 Å². The van der Waals surface area contributed by atoms with Crippen LogP contribution in [0.15, 0.2) is 24.4 Å². The number of carbonyl (C=O) groups is 4. The van der Waals surface area contributed by atoms with Gasteiger partial charge in [-0.2, -0.15) is 0 Å². The Morgan fingerprint density at radius 3 is 2.75 bits per heavy atom. The molecule has 0 aliphatic carbocycles. The molecule has 4 aliphatic heterocycles. The fraction of sp³-hybridized carbons (Fsp3) is 0.500. The predicted octanol–water partition coefficient (Wildman–Crippen LogP) is -0.216. The third-order valence-corrected chi connectivity index (χ3v) is 7.57. The van der Waals surface area contributed by atoms with Crippen molar-refractivity contribution in [3.63, 3.8) is 0 Å². The van der Waals surface area contributed by atoms with Crippen LogP contribution in [0.3, 0.4) is 0 Å². The number of benzene rings is 1. The van der Waals surface area contributed by atoms with Crippen LogP contribution in [0.5, 0.6) is 0 Å². The van der Waals surface area contributed by atoms with Crippen molar-refractivity contribution in [2.75, 3.05) is 19.8 Å². The van der Waals surface area contributed by atoms with Gasteiger partial charge in [0.25, 0.3) is 11.8 Å². The standard InChI is InChI=1S/C24H26N6O6/c31-20-7-6-18(21(32)25-20)29-10-14-9-15(4-5-16(14)22(29)33)30-11-17(26-27-30)23(34)28-8-2-1-3-19(28)24(35)12-36-13-24/h4-5,9,11,18-19,35H,1-3,6-8,10,12-13H2,(H,25,31,32). The van der Waals surface area contributed by atoms with E-state index in [0.29, 0.717) is 30.6 Å². The van der Waals surface area contributed by atoms with Crippen LogP contribution >= 0.6 is 0 Å². The van der Waals surface area contributed by atoms with Gasteiger partial charge in [0.1, 0.15) is 11.6 Å². The highest BCUT2D eigenvalue weighted by molar-refractivity contribution is 6.05. The first-order valence-electron chi connectivity index (χ1n) is 12.2. The van der Waals surface area contributed by atoms with E-state index in [1.807, 2.05) is 0 Å². The fourth-order valence-electron chi connectivity index (χ4n) is 5.58. The molecule has 12 heteroatoms. The van der Waals surface area contributed by atoms with Crippen LogP contribution in [-0.2, 0) is 20.9 Å². The van der Waals surface area contributed by atoms with Gasteiger partial charge in [-0.1, -0.05) is 5.21 Å². The van der Waals surface area contributed by atoms with Gasteiger partial charge in [-0.3, -0.25) is 24.5 Å². The van der Waals surface area contributed by atoms with Crippen molar-refractivity contribution in [2.24, 2.45) is 0 Å². The number of hydrogen-bond donors (Lipinski definition) is 2. The molecule has 36 heavy (non-hydrogen) atoms. The summed E-state index contributed by atoms with van der Waals surface area (Å²) < 4.78 is 6.68. The number of likely N-dealkylation sites (tertiary alicyclic amines) is 1. The SMILES string of the molecule is O=C1CCC(N2Cc3cc(-n4cc(C(=O)N5CCCCC5C5(O)COC5)nn4)ccc3C2=O)C(=O)N1. The van der Waals surface area contributed by atoms with Gasteiger partial charge < -0.3 is 19.6 Å². The van der Waals surface area contributed by atoms with E-state index in [9.17, 15) is 24.3 Å². The minimum absolute atomic E-state index is 0.174. The summed E-state index contributed by atoms with van der Waals surface area (Å²) in [5.74, 6) is -1.33. The first-order valence-corrected chi connectivity index (χ1v) is 12.2. The summed E-state index contributed by atoms with van der Waals surface area (Å²) >= 11 is 0. The van der Waals surface area contributed by atoms with Crippen LogP contribution in [-0.4, -0.2) is 91.0 Å². The molecule has 6 rings (SSSR count). The second-order valence-electron chi connectivity index (χ2n) is 9.90. The molecule has 2 aromatic rings. The first kappa shape index (κ1) is 22.8. The van der Waals surface area contributed by atoms with Crippen LogP contribution in [0.1, 0.15) is 58.5 Å². The Balaban J connectivity index is 1.21. The van der Waals surface area contributed by atoms with Crippen molar-refractivity contribution in [1.82, 2.24) is 30.1 Å². The zero-order valence-electron chi connectivity index (χ0n) is 19.6. The maximum atomic E-state index is 13.3. The molecule has 4 aliphatic rings. The van der Waals surface area contributed by atoms with E-state index in [-0.39, 0.29) is 55.6 Å². The summed E-state index contributed by atoms with van der Waals surface area (Å²) in [6.07, 6.45) is 4.54. The highest BCUT2D eigenvalue weighted by atomic mass is 16.5. The normalized spacial score (nSPS) is 25.4. The van der Waals surface area contributed by atoms with E-state index < -0.39 is 17.6 Å². The Kier molecular flexibility index (Phi) is 5.38. The molecular weight excluding hydrogens is 468 g/mol. The van der Waals surface area contributed by atoms with Crippen molar-refractivity contribution in [1.29, 1.82) is 0 Å². The van der Waals surface area contributed by atoms with Crippen molar-refractivity contribution >= 4 is 23.6 Å². The lowest BCUT2D eigenvalue weighted by molar-refractivity contribution is -0.211. The summed E-state index contributed by atoms with van der Waals surface area (Å²) in [6.45, 7) is 1.22. The topological polar surface area (TPSA) is 147 Å². The Labute approximate surface area is 206 Å². The number of hydrogen-bond acceptors (Lipinski definition) is 8. The molecule has 5 heterocycles. The van der Waals surface area contributed by atoms with Crippen molar-refractivity contribution in [3.8, 4) is 5.69 Å². The number of rotatable bonds is 4. The van der Waals surface area contributed by atoms with Gasteiger partial charge in [0.2, 0.25) is 11.8 Å². The zero-order valence-corrected chi connectivity index (χ0v) is 19.6. The molecule has 2 atom stereocenters. The van der Waals surface area contributed by atoms with Crippen molar-refractivity contribution in [3.05, 3.63) is 41.2 Å². The third kappa shape index (κ3) is 3.68. The Morgan fingerprint density at radius 2 is 2.00 bits per heavy atom. The second kappa shape index (κ2) is 8.49. The van der Waals surface area contributed by atoms with E-state index in [2.05, 4.69) is 15.6 Å². The van der Waals surface area contributed by atoms with E-state index >= 15 is 0 Å². The van der Waals surface area contributed by atoms with Crippen LogP contribution in [0.4, 0.5) is 0 Å². The lowest BCUT2D eigenvalue weighted by Crippen LogP contribution is -2.65. The van der Waals surface area contributed by atoms with Gasteiger partial charge in [-0.15, -0.1) is 5.10 Å². The molecule has 2 unspecified atom stereocenters. The number of aliphatic hydroxyl groups is 1. The summed E-state index contributed by atoms with van der Waals surface area (Å²) in [5, 5.41) is 21.3. The molecule has 0 bridgehead atoms. The molecule has 4 amide bonds. The Morgan fingerprint density at radius 1 is 1.17 bits per heavy atom. The molecule has 0 saturated carbocycles. The summed E-state index contributed by atoms with van der Waals surface area (Å²) in [5.41, 5.74) is 1.00. The summed E-state index contributed by atoms with van der Waals surface area (Å²) in [6, 6.07) is 4.18. The Hall–Kier alpha value is -3.64. The number of piperidine rings is 2. The number of aromatic nitrogens is 3. The lowest BCUT2D eigenvalue weighted by Gasteiger charge is -2.49. The molecule has 1 aromatic heterocycles. The van der Waals surface area contributed by atoms with E-state index in [1.54, 1.807) is 29.3 Å². The molecule has 0 spiro atoms. The highest BCUT2D eigenvalue weighted by Crippen LogP contribution is 2.33. The monoisotopic (exact) mass is 494 g/mol. The first-order chi connectivity index (χ1) is 17.3. The third-order valence-electron chi connectivity index (χ3n) is 7.57. The number of amides is 4. The Bertz CT molecular complexity index is 1270. The molecule has 12 nitrogen and oxygen atoms in total. The molecule has 3 fully saturated rings. The number of nitrogens with one attached hydrogen (secondary N) is 1. The average molecular weight is 495 g/mol. The van der Waals surface area contributed by atoms with Gasteiger partial charge in [-0.05, 0) is 49.4 Å². The smallest absolute Gasteiger partial charge is 0.276 e.